The Balaban J connectivity index is 1.56. The van der Waals surface area contributed by atoms with E-state index in [1.165, 1.54) is 0 Å². The van der Waals surface area contributed by atoms with Crippen molar-refractivity contribution in [3.8, 4) is 11.1 Å². The average molecular weight is 348 g/mol. The molecule has 2 aromatic carbocycles. The maximum atomic E-state index is 12.0. The van der Waals surface area contributed by atoms with Gasteiger partial charge < -0.3 is 10.1 Å². The normalized spacial score (nSPS) is 15.2. The van der Waals surface area contributed by atoms with Gasteiger partial charge in [-0.2, -0.15) is 0 Å². The Labute approximate surface area is 152 Å². The molecule has 0 unspecified atom stereocenters. The third-order valence-corrected chi connectivity index (χ3v) is 4.66. The largest absolute Gasteiger partial charge is 0.462 e. The van der Waals surface area contributed by atoms with Gasteiger partial charge in [-0.15, -0.1) is 0 Å². The lowest BCUT2D eigenvalue weighted by atomic mass is 9.98. The van der Waals surface area contributed by atoms with Gasteiger partial charge in [0.05, 0.1) is 18.7 Å². The lowest BCUT2D eigenvalue weighted by Gasteiger charge is -2.09. The molecule has 5 heteroatoms. The van der Waals surface area contributed by atoms with Gasteiger partial charge in [0, 0.05) is 11.5 Å². The number of benzene rings is 2. The summed E-state index contributed by atoms with van der Waals surface area (Å²) >= 11 is 0. The van der Waals surface area contributed by atoms with Crippen molar-refractivity contribution in [3.63, 3.8) is 0 Å². The summed E-state index contributed by atoms with van der Waals surface area (Å²) in [6.07, 6.45) is 1.95. The molecule has 1 aliphatic carbocycles. The zero-order chi connectivity index (χ0) is 18.1. The number of nitrogens with zero attached hydrogens (tertiary/aromatic N) is 1. The van der Waals surface area contributed by atoms with E-state index in [0.29, 0.717) is 24.6 Å². The Hall–Kier alpha value is -2.95. The van der Waals surface area contributed by atoms with Crippen molar-refractivity contribution in [1.82, 2.24) is 5.32 Å². The van der Waals surface area contributed by atoms with Crippen LogP contribution in [0.3, 0.4) is 0 Å². The van der Waals surface area contributed by atoms with E-state index in [2.05, 4.69) is 16.4 Å². The number of carbonyl (C=O) groups is 2. The first-order chi connectivity index (χ1) is 12.7. The zero-order valence-electron chi connectivity index (χ0n) is 14.6. The molecular weight excluding hydrogens is 328 g/mol. The number of amides is 1. The second-order valence-corrected chi connectivity index (χ2v) is 6.60. The van der Waals surface area contributed by atoms with E-state index >= 15 is 0 Å². The molecular formula is C21H20N2O3. The number of carbonyl (C=O) groups excluding carboxylic acids is 2. The molecule has 0 bridgehead atoms. The molecule has 1 N–H and O–H groups in total. The SMILES string of the molecule is CCOC(=O)c1cccc(-c2ccc3c(c2)CN=C3NC(=O)C2CC2)c1. The Morgan fingerprint density at radius 2 is 1.96 bits per heavy atom. The molecule has 0 radical (unpaired) electrons. The Morgan fingerprint density at radius 3 is 2.73 bits per heavy atom. The maximum Gasteiger partial charge on any atom is 0.338 e. The fraction of sp³-hybridized carbons (Fsp3) is 0.286. The first-order valence-corrected chi connectivity index (χ1v) is 8.92. The number of fused-ring (bicyclic) bond motifs is 1. The monoisotopic (exact) mass is 348 g/mol. The minimum Gasteiger partial charge on any atom is -0.462 e. The number of aliphatic imine (C=N–C) groups is 1. The number of nitrogens with one attached hydrogen (secondary N) is 1. The van der Waals surface area contributed by atoms with E-state index in [1.807, 2.05) is 30.3 Å². The van der Waals surface area contributed by atoms with Crippen molar-refractivity contribution >= 4 is 17.7 Å². The Morgan fingerprint density at radius 1 is 1.15 bits per heavy atom. The van der Waals surface area contributed by atoms with Crippen LogP contribution in [0, 0.1) is 5.92 Å². The Bertz CT molecular complexity index is 913. The van der Waals surface area contributed by atoms with Gasteiger partial charge in [0.15, 0.2) is 0 Å². The molecule has 1 amide bonds. The first kappa shape index (κ1) is 16.5. The van der Waals surface area contributed by atoms with Crippen LogP contribution in [-0.4, -0.2) is 24.3 Å². The van der Waals surface area contributed by atoms with Gasteiger partial charge in [-0.05, 0) is 54.7 Å². The maximum absolute atomic E-state index is 12.0. The number of amidine groups is 1. The molecule has 2 aliphatic rings. The number of esters is 1. The minimum atomic E-state index is -0.316. The van der Waals surface area contributed by atoms with E-state index in [4.69, 9.17) is 4.74 Å². The molecule has 0 atom stereocenters. The highest BCUT2D eigenvalue weighted by Crippen LogP contribution is 2.30. The first-order valence-electron chi connectivity index (χ1n) is 8.92. The van der Waals surface area contributed by atoms with Crippen LogP contribution in [0.25, 0.3) is 11.1 Å². The van der Waals surface area contributed by atoms with Crippen LogP contribution in [0.15, 0.2) is 47.5 Å². The fourth-order valence-electron chi connectivity index (χ4n) is 3.10. The summed E-state index contributed by atoms with van der Waals surface area (Å²) in [5.41, 5.74) is 4.56. The zero-order valence-corrected chi connectivity index (χ0v) is 14.6. The van der Waals surface area contributed by atoms with E-state index in [-0.39, 0.29) is 17.8 Å². The van der Waals surface area contributed by atoms with Crippen LogP contribution in [0.1, 0.15) is 41.3 Å². The topological polar surface area (TPSA) is 67.8 Å². The molecule has 0 saturated heterocycles. The minimum absolute atomic E-state index is 0.0721. The predicted octanol–water partition coefficient (Wildman–Crippen LogP) is 3.32. The predicted molar refractivity (Wildman–Crippen MR) is 98.9 cm³/mol. The van der Waals surface area contributed by atoms with E-state index in [1.54, 1.807) is 13.0 Å². The van der Waals surface area contributed by atoms with Gasteiger partial charge in [-0.3, -0.25) is 9.79 Å². The van der Waals surface area contributed by atoms with Gasteiger partial charge in [0.1, 0.15) is 5.84 Å². The molecule has 26 heavy (non-hydrogen) atoms. The molecule has 0 aromatic heterocycles. The van der Waals surface area contributed by atoms with Crippen LogP contribution in [0.4, 0.5) is 0 Å². The second-order valence-electron chi connectivity index (χ2n) is 6.60. The summed E-state index contributed by atoms with van der Waals surface area (Å²) in [6.45, 7) is 2.71. The highest BCUT2D eigenvalue weighted by atomic mass is 16.5. The highest BCUT2D eigenvalue weighted by Gasteiger charge is 2.31. The smallest absolute Gasteiger partial charge is 0.338 e. The number of hydrogen-bond acceptors (Lipinski definition) is 4. The fourth-order valence-corrected chi connectivity index (χ4v) is 3.10. The molecule has 1 heterocycles. The summed E-state index contributed by atoms with van der Waals surface area (Å²) in [6, 6.07) is 13.5. The second kappa shape index (κ2) is 6.75. The molecule has 1 fully saturated rings. The molecule has 0 spiro atoms. The highest BCUT2D eigenvalue weighted by molar-refractivity contribution is 6.11. The van der Waals surface area contributed by atoms with Crippen molar-refractivity contribution in [1.29, 1.82) is 0 Å². The van der Waals surface area contributed by atoms with E-state index < -0.39 is 0 Å². The molecule has 4 rings (SSSR count). The number of ether oxygens (including phenoxy) is 1. The summed E-state index contributed by atoms with van der Waals surface area (Å²) in [5.74, 6) is 0.585. The Kier molecular flexibility index (Phi) is 4.29. The van der Waals surface area contributed by atoms with E-state index in [9.17, 15) is 9.59 Å². The summed E-state index contributed by atoms with van der Waals surface area (Å²) in [5, 5.41) is 2.94. The van der Waals surface area contributed by atoms with Gasteiger partial charge in [0.2, 0.25) is 5.91 Å². The van der Waals surface area contributed by atoms with Gasteiger partial charge >= 0.3 is 5.97 Å². The van der Waals surface area contributed by atoms with Crippen LogP contribution in [-0.2, 0) is 16.1 Å². The lowest BCUT2D eigenvalue weighted by molar-refractivity contribution is -0.120. The molecule has 132 valence electrons. The van der Waals surface area contributed by atoms with E-state index in [0.717, 1.165) is 35.1 Å². The lowest BCUT2D eigenvalue weighted by Crippen LogP contribution is -2.31. The van der Waals surface area contributed by atoms with Crippen molar-refractivity contribution in [2.75, 3.05) is 6.61 Å². The number of hydrogen-bond donors (Lipinski definition) is 1. The third-order valence-electron chi connectivity index (χ3n) is 4.66. The third kappa shape index (κ3) is 3.25. The average Bonchev–Trinajstić information content (AvgIpc) is 3.44. The van der Waals surface area contributed by atoms with Gasteiger partial charge in [0.25, 0.3) is 0 Å². The van der Waals surface area contributed by atoms with Gasteiger partial charge in [-0.1, -0.05) is 24.3 Å². The summed E-state index contributed by atoms with van der Waals surface area (Å²) in [4.78, 5) is 28.4. The molecule has 2 aromatic rings. The van der Waals surface area contributed by atoms with Crippen LogP contribution in [0.5, 0.6) is 0 Å². The standard InChI is InChI=1S/C21H20N2O3/c1-2-26-21(25)16-5-3-4-14(10-16)15-8-9-18-17(11-15)12-22-19(18)23-20(24)13-6-7-13/h3-5,8-11,13H,2,6-7,12H2,1H3,(H,22,23,24). The molecule has 1 aliphatic heterocycles. The van der Waals surface area contributed by atoms with Crippen LogP contribution >= 0.6 is 0 Å². The van der Waals surface area contributed by atoms with Crippen molar-refractivity contribution in [2.24, 2.45) is 10.9 Å². The molecule has 5 nitrogen and oxygen atoms in total. The quantitative estimate of drug-likeness (QED) is 0.862. The van der Waals surface area contributed by atoms with Gasteiger partial charge in [-0.25, -0.2) is 4.79 Å². The van der Waals surface area contributed by atoms with Crippen molar-refractivity contribution in [3.05, 3.63) is 59.2 Å². The van der Waals surface area contributed by atoms with Crippen LogP contribution < -0.4 is 5.32 Å². The van der Waals surface area contributed by atoms with Crippen LogP contribution in [0.2, 0.25) is 0 Å². The molecule has 1 saturated carbocycles. The number of rotatable bonds is 4. The summed E-state index contributed by atoms with van der Waals surface area (Å²) in [7, 11) is 0. The summed E-state index contributed by atoms with van der Waals surface area (Å²) < 4.78 is 5.07. The van der Waals surface area contributed by atoms with Crippen molar-refractivity contribution < 1.29 is 14.3 Å². The van der Waals surface area contributed by atoms with Crippen molar-refractivity contribution in [2.45, 2.75) is 26.3 Å².